The Labute approximate surface area is 292 Å². The lowest BCUT2D eigenvalue weighted by Gasteiger charge is -2.47. The fourth-order valence-electron chi connectivity index (χ4n) is 6.71. The van der Waals surface area contributed by atoms with E-state index in [1.54, 1.807) is 30.3 Å². The molecule has 0 spiro atoms. The molecule has 1 aliphatic carbocycles. The van der Waals surface area contributed by atoms with Gasteiger partial charge in [0, 0.05) is 30.9 Å². The standard InChI is InChI=1S/C30H51N7O14/c31-7-13-19(40)21(42)16(35)27(46-13)49-24-12(34)6-11(33)18(39)26(24)51-29-23(44)25(15(9-38)48-29)50-28-17(22(43)20(41)14(8-32)47-28)37-30(45)36-10-4-2-1-3-5-10/h1-5,11-29,38-44H,6-9,31-35H2,(H2,36,37,45)/t11-,12+,13-,14+,15-,16-,17-,18+,19-,20-,21-,22-,23-,24-,25-,26-,27-,28-,29+/m1/s1. The van der Waals surface area contributed by atoms with Crippen LogP contribution in [0.25, 0.3) is 0 Å². The number of hydrogen-bond acceptors (Lipinski definition) is 19. The van der Waals surface area contributed by atoms with Gasteiger partial charge in [-0.05, 0) is 18.6 Å². The van der Waals surface area contributed by atoms with E-state index in [1.807, 2.05) is 0 Å². The van der Waals surface area contributed by atoms with Crippen LogP contribution in [0.4, 0.5) is 10.5 Å². The molecule has 2 amide bonds. The molecule has 3 heterocycles. The van der Waals surface area contributed by atoms with Crippen molar-refractivity contribution in [2.24, 2.45) is 28.7 Å². The van der Waals surface area contributed by atoms with Crippen molar-refractivity contribution in [1.82, 2.24) is 5.32 Å². The summed E-state index contributed by atoms with van der Waals surface area (Å²) in [5.74, 6) is 0. The van der Waals surface area contributed by atoms with Crippen molar-refractivity contribution in [2.75, 3.05) is 25.0 Å². The Hall–Kier alpha value is -2.23. The van der Waals surface area contributed by atoms with E-state index in [2.05, 4.69) is 10.6 Å². The van der Waals surface area contributed by atoms with Gasteiger partial charge in [0.05, 0.1) is 18.8 Å². The zero-order valence-electron chi connectivity index (χ0n) is 27.6. The van der Waals surface area contributed by atoms with Crippen LogP contribution in [-0.2, 0) is 28.4 Å². The van der Waals surface area contributed by atoms with Crippen LogP contribution >= 0.6 is 0 Å². The van der Waals surface area contributed by atoms with Crippen molar-refractivity contribution < 1.29 is 69.0 Å². The highest BCUT2D eigenvalue weighted by Gasteiger charge is 2.55. The molecule has 4 fully saturated rings. The van der Waals surface area contributed by atoms with E-state index in [9.17, 15) is 40.5 Å². The zero-order valence-corrected chi connectivity index (χ0v) is 27.6. The highest BCUT2D eigenvalue weighted by molar-refractivity contribution is 5.89. The van der Waals surface area contributed by atoms with E-state index >= 15 is 0 Å². The first kappa shape index (κ1) is 40.0. The number of hydrogen-bond donors (Lipinski definition) is 14. The minimum Gasteiger partial charge on any atom is -0.394 e. The maximum Gasteiger partial charge on any atom is 0.319 e. The Morgan fingerprint density at radius 3 is 1.88 bits per heavy atom. The summed E-state index contributed by atoms with van der Waals surface area (Å²) in [5, 5.41) is 80.2. The number of urea groups is 1. The lowest BCUT2D eigenvalue weighted by atomic mass is 9.84. The summed E-state index contributed by atoms with van der Waals surface area (Å²) in [6, 6.07) is 3.11. The van der Waals surface area contributed by atoms with Crippen LogP contribution in [0.2, 0.25) is 0 Å². The SMILES string of the molecule is NC[C@@H]1O[C@H](O[C@H]2[C@@H](O)[C@H](O[C@@H]3[C@@H](O)[C@H](N)C[C@H](N)[C@H]3O[C@H]3O[C@H](CN)[C@@H](O)[C@H](O)[C@H]3N)O[C@@H]2CO)[C@H](NC(=O)Nc2ccccc2)[C@@H](O)[C@@H]1O. The number of ether oxygens (including phenoxy) is 6. The molecule has 21 heteroatoms. The molecule has 0 bridgehead atoms. The van der Waals surface area contributed by atoms with Crippen LogP contribution in [0.5, 0.6) is 0 Å². The topological polar surface area (TPSA) is 368 Å². The summed E-state index contributed by atoms with van der Waals surface area (Å²) >= 11 is 0. The van der Waals surface area contributed by atoms with Gasteiger partial charge in [0.15, 0.2) is 18.9 Å². The van der Waals surface area contributed by atoms with Gasteiger partial charge in [-0.1, -0.05) is 18.2 Å². The quantitative estimate of drug-likeness (QED) is 0.100. The number of aliphatic hydroxyl groups excluding tert-OH is 7. The van der Waals surface area contributed by atoms with Gasteiger partial charge in [0.1, 0.15) is 73.2 Å². The molecule has 1 saturated carbocycles. The Morgan fingerprint density at radius 2 is 1.25 bits per heavy atom. The Morgan fingerprint density at radius 1 is 0.686 bits per heavy atom. The number of carbonyl (C=O) groups is 1. The molecule has 19 N–H and O–H groups in total. The van der Waals surface area contributed by atoms with Gasteiger partial charge >= 0.3 is 6.03 Å². The first-order valence-corrected chi connectivity index (χ1v) is 16.7. The number of aliphatic hydroxyl groups is 7. The van der Waals surface area contributed by atoms with Gasteiger partial charge in [-0.15, -0.1) is 0 Å². The summed E-state index contributed by atoms with van der Waals surface area (Å²) in [5.41, 5.74) is 30.4. The van der Waals surface area contributed by atoms with Gasteiger partial charge in [-0.2, -0.15) is 0 Å². The van der Waals surface area contributed by atoms with Crippen LogP contribution in [-0.4, -0.2) is 178 Å². The summed E-state index contributed by atoms with van der Waals surface area (Å²) in [7, 11) is 0. The van der Waals surface area contributed by atoms with Crippen molar-refractivity contribution in [3.8, 4) is 0 Å². The Kier molecular flexibility index (Phi) is 13.5. The van der Waals surface area contributed by atoms with Crippen molar-refractivity contribution >= 4 is 11.7 Å². The van der Waals surface area contributed by atoms with Crippen LogP contribution in [0.1, 0.15) is 6.42 Å². The van der Waals surface area contributed by atoms with Crippen LogP contribution < -0.4 is 39.3 Å². The second kappa shape index (κ2) is 17.3. The predicted octanol–water partition coefficient (Wildman–Crippen LogP) is -7.03. The number of para-hydroxylation sites is 1. The number of benzene rings is 1. The minimum absolute atomic E-state index is 0.0555. The average molecular weight is 734 g/mol. The lowest BCUT2D eigenvalue weighted by Crippen LogP contribution is -2.68. The first-order valence-electron chi connectivity index (χ1n) is 16.7. The molecule has 51 heavy (non-hydrogen) atoms. The molecule has 4 aliphatic rings. The molecular formula is C30H51N7O14. The number of rotatable bonds is 11. The monoisotopic (exact) mass is 733 g/mol. The third-order valence-electron chi connectivity index (χ3n) is 9.65. The second-order valence-electron chi connectivity index (χ2n) is 13.2. The fraction of sp³-hybridized carbons (Fsp3) is 0.767. The molecule has 0 aromatic heterocycles. The number of carbonyl (C=O) groups excluding carboxylic acids is 1. The van der Waals surface area contributed by atoms with Crippen molar-refractivity contribution in [3.05, 3.63) is 30.3 Å². The molecule has 0 unspecified atom stereocenters. The average Bonchev–Trinajstić information content (AvgIpc) is 3.41. The third-order valence-corrected chi connectivity index (χ3v) is 9.65. The number of amides is 2. The van der Waals surface area contributed by atoms with E-state index in [-0.39, 0.29) is 19.5 Å². The van der Waals surface area contributed by atoms with Crippen LogP contribution in [0.15, 0.2) is 30.3 Å². The van der Waals surface area contributed by atoms with Gasteiger partial charge in [-0.25, -0.2) is 4.79 Å². The maximum absolute atomic E-state index is 12.9. The zero-order chi connectivity index (χ0) is 37.1. The molecular weight excluding hydrogens is 682 g/mol. The smallest absolute Gasteiger partial charge is 0.319 e. The molecule has 21 nitrogen and oxygen atoms in total. The van der Waals surface area contributed by atoms with Crippen molar-refractivity contribution in [2.45, 2.75) is 123 Å². The largest absolute Gasteiger partial charge is 0.394 e. The van der Waals surface area contributed by atoms with E-state index in [0.29, 0.717) is 5.69 Å². The van der Waals surface area contributed by atoms with E-state index in [1.165, 1.54) is 0 Å². The van der Waals surface area contributed by atoms with E-state index in [4.69, 9.17) is 57.1 Å². The normalized spacial score (nSPS) is 46.1. The Bertz CT molecular complexity index is 1260. The molecule has 3 saturated heterocycles. The second-order valence-corrected chi connectivity index (χ2v) is 13.2. The minimum atomic E-state index is -1.71. The predicted molar refractivity (Wildman–Crippen MR) is 173 cm³/mol. The van der Waals surface area contributed by atoms with E-state index < -0.39 is 129 Å². The molecule has 0 radical (unpaired) electrons. The highest BCUT2D eigenvalue weighted by Crippen LogP contribution is 2.34. The number of anilines is 1. The van der Waals surface area contributed by atoms with Gasteiger partial charge < -0.3 is 103 Å². The summed E-state index contributed by atoms with van der Waals surface area (Å²) in [4.78, 5) is 12.9. The van der Waals surface area contributed by atoms with Gasteiger partial charge in [-0.3, -0.25) is 0 Å². The van der Waals surface area contributed by atoms with Crippen molar-refractivity contribution in [3.63, 3.8) is 0 Å². The summed E-state index contributed by atoms with van der Waals surface area (Å²) < 4.78 is 35.4. The maximum atomic E-state index is 12.9. The summed E-state index contributed by atoms with van der Waals surface area (Å²) in [6.07, 6.45) is -21.2. The van der Waals surface area contributed by atoms with Gasteiger partial charge in [0.2, 0.25) is 0 Å². The van der Waals surface area contributed by atoms with E-state index in [0.717, 1.165) is 0 Å². The van der Waals surface area contributed by atoms with Crippen LogP contribution in [0.3, 0.4) is 0 Å². The molecule has 290 valence electrons. The van der Waals surface area contributed by atoms with Crippen LogP contribution in [0, 0.1) is 0 Å². The first-order chi connectivity index (χ1) is 24.3. The Balaban J connectivity index is 1.32. The molecule has 5 rings (SSSR count). The number of nitrogens with one attached hydrogen (secondary N) is 2. The molecule has 19 atom stereocenters. The fourth-order valence-corrected chi connectivity index (χ4v) is 6.71. The van der Waals surface area contributed by atoms with Gasteiger partial charge in [0.25, 0.3) is 0 Å². The highest BCUT2D eigenvalue weighted by atomic mass is 16.8. The summed E-state index contributed by atoms with van der Waals surface area (Å²) in [6.45, 7) is -1.15. The molecule has 1 aromatic carbocycles. The molecule has 3 aliphatic heterocycles. The van der Waals surface area contributed by atoms with Crippen molar-refractivity contribution in [1.29, 1.82) is 0 Å². The third kappa shape index (κ3) is 8.62. The lowest BCUT2D eigenvalue weighted by molar-refractivity contribution is -0.307. The molecule has 1 aromatic rings. The number of nitrogens with two attached hydrogens (primary N) is 5.